The molecule has 6 nitrogen and oxygen atoms in total. The van der Waals surface area contributed by atoms with Crippen molar-refractivity contribution in [1.82, 2.24) is 10.1 Å². The first-order chi connectivity index (χ1) is 8.52. The SMILES string of the molecule is CCCC[C@H](N)c1nc(C2CCS(=O)(=O)C2)no1. The van der Waals surface area contributed by atoms with Gasteiger partial charge < -0.3 is 10.3 Å². The highest BCUT2D eigenvalue weighted by Crippen LogP contribution is 2.27. The van der Waals surface area contributed by atoms with Crippen LogP contribution in [-0.2, 0) is 9.84 Å². The van der Waals surface area contributed by atoms with Crippen LogP contribution >= 0.6 is 0 Å². The normalized spacial score (nSPS) is 24.2. The minimum atomic E-state index is -2.92. The number of nitrogens with zero attached hydrogens (tertiary/aromatic N) is 2. The summed E-state index contributed by atoms with van der Waals surface area (Å²) in [6, 6.07) is -0.246. The van der Waals surface area contributed by atoms with E-state index in [0.717, 1.165) is 19.3 Å². The van der Waals surface area contributed by atoms with Crippen molar-refractivity contribution in [3.8, 4) is 0 Å². The number of sulfone groups is 1. The average Bonchev–Trinajstić information content (AvgIpc) is 2.92. The first kappa shape index (κ1) is 13.5. The third-order valence-corrected chi connectivity index (χ3v) is 5.01. The molecule has 2 atom stereocenters. The highest BCUT2D eigenvalue weighted by atomic mass is 32.2. The van der Waals surface area contributed by atoms with E-state index in [0.29, 0.717) is 18.1 Å². The number of aromatic nitrogens is 2. The molecule has 1 fully saturated rings. The van der Waals surface area contributed by atoms with Gasteiger partial charge in [-0.2, -0.15) is 4.98 Å². The molecule has 0 aromatic carbocycles. The Morgan fingerprint density at radius 1 is 1.56 bits per heavy atom. The van der Waals surface area contributed by atoms with E-state index in [4.69, 9.17) is 10.3 Å². The van der Waals surface area contributed by atoms with Crippen molar-refractivity contribution in [1.29, 1.82) is 0 Å². The van der Waals surface area contributed by atoms with E-state index in [1.54, 1.807) is 0 Å². The summed E-state index contributed by atoms with van der Waals surface area (Å²) in [5.41, 5.74) is 5.93. The number of rotatable bonds is 5. The van der Waals surface area contributed by atoms with Crippen LogP contribution in [0, 0.1) is 0 Å². The van der Waals surface area contributed by atoms with E-state index in [1.807, 2.05) is 0 Å². The van der Waals surface area contributed by atoms with Crippen LogP contribution in [0.5, 0.6) is 0 Å². The lowest BCUT2D eigenvalue weighted by Gasteiger charge is -2.04. The van der Waals surface area contributed by atoms with Crippen LogP contribution in [-0.4, -0.2) is 30.1 Å². The zero-order valence-electron chi connectivity index (χ0n) is 10.5. The first-order valence-corrected chi connectivity index (χ1v) is 8.13. The number of nitrogens with two attached hydrogens (primary N) is 1. The van der Waals surface area contributed by atoms with Gasteiger partial charge >= 0.3 is 0 Å². The van der Waals surface area contributed by atoms with Gasteiger partial charge in [0.15, 0.2) is 15.7 Å². The van der Waals surface area contributed by atoms with Crippen molar-refractivity contribution in [3.05, 3.63) is 11.7 Å². The maximum Gasteiger partial charge on any atom is 0.243 e. The van der Waals surface area contributed by atoms with Gasteiger partial charge in [0.05, 0.1) is 17.5 Å². The van der Waals surface area contributed by atoms with Crippen molar-refractivity contribution in [2.45, 2.75) is 44.6 Å². The van der Waals surface area contributed by atoms with Crippen LogP contribution in [0.25, 0.3) is 0 Å². The summed E-state index contributed by atoms with van der Waals surface area (Å²) in [6.07, 6.45) is 3.46. The van der Waals surface area contributed by atoms with Crippen LogP contribution in [0.1, 0.15) is 56.3 Å². The van der Waals surface area contributed by atoms with Crippen molar-refractivity contribution < 1.29 is 12.9 Å². The Morgan fingerprint density at radius 3 is 2.94 bits per heavy atom. The van der Waals surface area contributed by atoms with Gasteiger partial charge in [0, 0.05) is 5.92 Å². The average molecular weight is 273 g/mol. The summed E-state index contributed by atoms with van der Waals surface area (Å²) in [7, 11) is -2.92. The van der Waals surface area contributed by atoms with E-state index >= 15 is 0 Å². The molecule has 1 aliphatic heterocycles. The Kier molecular flexibility index (Phi) is 4.01. The molecule has 0 spiro atoms. The number of hydrogen-bond donors (Lipinski definition) is 1. The Bertz CT molecular complexity index is 497. The molecule has 1 aromatic rings. The lowest BCUT2D eigenvalue weighted by molar-refractivity contribution is 0.341. The molecule has 1 aliphatic rings. The van der Waals surface area contributed by atoms with Gasteiger partial charge in [-0.05, 0) is 12.8 Å². The van der Waals surface area contributed by atoms with Crippen molar-refractivity contribution in [2.24, 2.45) is 5.73 Å². The topological polar surface area (TPSA) is 99.1 Å². The maximum absolute atomic E-state index is 11.4. The minimum absolute atomic E-state index is 0.121. The number of unbranched alkanes of at least 4 members (excludes halogenated alkanes) is 1. The smallest absolute Gasteiger partial charge is 0.243 e. The van der Waals surface area contributed by atoms with Crippen LogP contribution in [0.15, 0.2) is 4.52 Å². The van der Waals surface area contributed by atoms with Gasteiger partial charge in [-0.3, -0.25) is 0 Å². The van der Waals surface area contributed by atoms with E-state index in [-0.39, 0.29) is 23.5 Å². The lowest BCUT2D eigenvalue weighted by Crippen LogP contribution is -2.11. The summed E-state index contributed by atoms with van der Waals surface area (Å²) in [4.78, 5) is 4.24. The second kappa shape index (κ2) is 5.36. The van der Waals surface area contributed by atoms with E-state index in [9.17, 15) is 8.42 Å². The summed E-state index contributed by atoms with van der Waals surface area (Å²) < 4.78 is 27.9. The molecule has 2 N–H and O–H groups in total. The largest absolute Gasteiger partial charge is 0.338 e. The first-order valence-electron chi connectivity index (χ1n) is 6.31. The van der Waals surface area contributed by atoms with Crippen LogP contribution in [0.3, 0.4) is 0 Å². The molecule has 0 aliphatic carbocycles. The zero-order chi connectivity index (χ0) is 13.2. The Hall–Kier alpha value is -0.950. The monoisotopic (exact) mass is 273 g/mol. The summed E-state index contributed by atoms with van der Waals surface area (Å²) >= 11 is 0. The van der Waals surface area contributed by atoms with Crippen LogP contribution in [0.2, 0.25) is 0 Å². The molecule has 0 amide bonds. The molecule has 1 aromatic heterocycles. The molecule has 102 valence electrons. The molecular formula is C11H19N3O3S. The molecule has 7 heteroatoms. The maximum atomic E-state index is 11.4. The van der Waals surface area contributed by atoms with Gasteiger partial charge in [-0.15, -0.1) is 0 Å². The fourth-order valence-electron chi connectivity index (χ4n) is 2.11. The third-order valence-electron chi connectivity index (χ3n) is 3.24. The van der Waals surface area contributed by atoms with Gasteiger partial charge in [0.1, 0.15) is 0 Å². The minimum Gasteiger partial charge on any atom is -0.338 e. The van der Waals surface area contributed by atoms with Gasteiger partial charge in [-0.1, -0.05) is 24.9 Å². The van der Waals surface area contributed by atoms with E-state index in [2.05, 4.69) is 17.1 Å². The molecule has 2 rings (SSSR count). The van der Waals surface area contributed by atoms with E-state index < -0.39 is 9.84 Å². The van der Waals surface area contributed by atoms with Gasteiger partial charge in [0.25, 0.3) is 0 Å². The predicted molar refractivity (Wildman–Crippen MR) is 66.8 cm³/mol. The fourth-order valence-corrected chi connectivity index (χ4v) is 3.85. The van der Waals surface area contributed by atoms with E-state index in [1.165, 1.54) is 0 Å². The van der Waals surface area contributed by atoms with Crippen molar-refractivity contribution >= 4 is 9.84 Å². The summed E-state index contributed by atoms with van der Waals surface area (Å²) in [6.45, 7) is 2.09. The standard InChI is InChI=1S/C11H19N3O3S/c1-2-3-4-9(12)11-13-10(14-17-11)8-5-6-18(15,16)7-8/h8-9H,2-7,12H2,1H3/t8?,9-/m0/s1. The second-order valence-corrected chi connectivity index (χ2v) is 7.07. The quantitative estimate of drug-likeness (QED) is 0.864. The molecule has 1 saturated heterocycles. The molecule has 0 saturated carbocycles. The Labute approximate surface area is 107 Å². The molecular weight excluding hydrogens is 254 g/mol. The van der Waals surface area contributed by atoms with Crippen molar-refractivity contribution in [3.63, 3.8) is 0 Å². The van der Waals surface area contributed by atoms with Crippen LogP contribution < -0.4 is 5.73 Å². The Balaban J connectivity index is 2.02. The molecule has 1 unspecified atom stereocenters. The third kappa shape index (κ3) is 3.08. The highest BCUT2D eigenvalue weighted by Gasteiger charge is 2.32. The van der Waals surface area contributed by atoms with Crippen molar-refractivity contribution in [2.75, 3.05) is 11.5 Å². The molecule has 18 heavy (non-hydrogen) atoms. The fraction of sp³-hybridized carbons (Fsp3) is 0.818. The predicted octanol–water partition coefficient (Wildman–Crippen LogP) is 1.16. The summed E-state index contributed by atoms with van der Waals surface area (Å²) in [5, 5.41) is 3.86. The molecule has 2 heterocycles. The lowest BCUT2D eigenvalue weighted by atomic mass is 10.1. The van der Waals surface area contributed by atoms with Gasteiger partial charge in [0.2, 0.25) is 5.89 Å². The van der Waals surface area contributed by atoms with Crippen LogP contribution in [0.4, 0.5) is 0 Å². The second-order valence-electron chi connectivity index (χ2n) is 4.84. The zero-order valence-corrected chi connectivity index (χ0v) is 11.3. The van der Waals surface area contributed by atoms with Gasteiger partial charge in [-0.25, -0.2) is 8.42 Å². The Morgan fingerprint density at radius 2 is 2.33 bits per heavy atom. The highest BCUT2D eigenvalue weighted by molar-refractivity contribution is 7.91. The number of hydrogen-bond acceptors (Lipinski definition) is 6. The molecule has 0 bridgehead atoms. The molecule has 0 radical (unpaired) electrons. The summed E-state index contributed by atoms with van der Waals surface area (Å²) in [5.74, 6) is 1.10.